The Morgan fingerprint density at radius 2 is 1.88 bits per heavy atom. The van der Waals surface area contributed by atoms with Crippen LogP contribution in [0.15, 0.2) is 60.8 Å². The third kappa shape index (κ3) is 4.43. The molecular formula is C22H19F2N5O3. The first-order chi connectivity index (χ1) is 15.4. The quantitative estimate of drug-likeness (QED) is 0.442. The molecule has 164 valence electrons. The summed E-state index contributed by atoms with van der Waals surface area (Å²) >= 11 is 0. The Morgan fingerprint density at radius 1 is 1.09 bits per heavy atom. The number of hydrogen-bond acceptors (Lipinski definition) is 6. The summed E-state index contributed by atoms with van der Waals surface area (Å²) in [7, 11) is 3.32. The first-order valence-electron chi connectivity index (χ1n) is 9.58. The van der Waals surface area contributed by atoms with Crippen LogP contribution >= 0.6 is 0 Å². The second-order valence-corrected chi connectivity index (χ2v) is 6.70. The lowest BCUT2D eigenvalue weighted by Gasteiger charge is -2.12. The molecule has 2 heterocycles. The summed E-state index contributed by atoms with van der Waals surface area (Å²) < 4.78 is 37.6. The molecule has 2 aromatic heterocycles. The van der Waals surface area contributed by atoms with Crippen LogP contribution in [0.2, 0.25) is 0 Å². The minimum absolute atomic E-state index is 0.0168. The fourth-order valence-electron chi connectivity index (χ4n) is 3.11. The summed E-state index contributed by atoms with van der Waals surface area (Å²) in [6.45, 7) is -2.93. The number of rotatable bonds is 7. The molecule has 0 atom stereocenters. The first-order valence-corrected chi connectivity index (χ1v) is 9.58. The van der Waals surface area contributed by atoms with Crippen LogP contribution in [0.1, 0.15) is 10.5 Å². The molecule has 0 saturated carbocycles. The standard InChI is InChI=1S/C22H19F2N5O3/c1-25-20(30)17-12-14(9-10-26-17)31-13-7-8-18-16(11-13)28-22(29(18)2)27-15-5-3-4-6-19(15)32-21(23)24/h3-12,21H,1-2H3,(H,25,30)(H,27,28). The average Bonchev–Trinajstić information content (AvgIpc) is 3.09. The highest BCUT2D eigenvalue weighted by Gasteiger charge is 2.14. The number of para-hydroxylation sites is 2. The van der Waals surface area contributed by atoms with E-state index in [2.05, 4.69) is 25.3 Å². The maximum absolute atomic E-state index is 12.7. The van der Waals surface area contributed by atoms with Crippen LogP contribution in [-0.2, 0) is 7.05 Å². The lowest BCUT2D eigenvalue weighted by molar-refractivity contribution is -0.0493. The summed E-state index contributed by atoms with van der Waals surface area (Å²) in [4.78, 5) is 20.3. The van der Waals surface area contributed by atoms with Gasteiger partial charge in [0.2, 0.25) is 5.95 Å². The van der Waals surface area contributed by atoms with Crippen molar-refractivity contribution in [3.8, 4) is 17.2 Å². The summed E-state index contributed by atoms with van der Waals surface area (Å²) in [5.41, 5.74) is 2.02. The number of halogens is 2. The smallest absolute Gasteiger partial charge is 0.387 e. The van der Waals surface area contributed by atoms with Crippen molar-refractivity contribution < 1.29 is 23.0 Å². The van der Waals surface area contributed by atoms with E-state index in [-0.39, 0.29) is 17.4 Å². The molecule has 4 rings (SSSR count). The Balaban J connectivity index is 1.60. The average molecular weight is 439 g/mol. The number of benzene rings is 2. The highest BCUT2D eigenvalue weighted by atomic mass is 19.3. The Bertz CT molecular complexity index is 1280. The topological polar surface area (TPSA) is 90.3 Å². The number of pyridine rings is 1. The van der Waals surface area contributed by atoms with Crippen LogP contribution in [-0.4, -0.2) is 34.1 Å². The first kappa shape index (κ1) is 21.0. The Morgan fingerprint density at radius 3 is 2.66 bits per heavy atom. The van der Waals surface area contributed by atoms with E-state index < -0.39 is 6.61 Å². The van der Waals surface area contributed by atoms with Gasteiger partial charge in [-0.15, -0.1) is 0 Å². The molecule has 1 amide bonds. The monoisotopic (exact) mass is 439 g/mol. The molecule has 32 heavy (non-hydrogen) atoms. The predicted molar refractivity (Wildman–Crippen MR) is 115 cm³/mol. The molecule has 8 nitrogen and oxygen atoms in total. The Kier molecular flexibility index (Phi) is 5.84. The lowest BCUT2D eigenvalue weighted by atomic mass is 10.3. The SMILES string of the molecule is CNC(=O)c1cc(Oc2ccc3c(c2)nc(Nc2ccccc2OC(F)F)n3C)ccn1. The molecule has 10 heteroatoms. The van der Waals surface area contributed by atoms with Crippen molar-refractivity contribution in [3.63, 3.8) is 0 Å². The van der Waals surface area contributed by atoms with Gasteiger partial charge in [0, 0.05) is 32.4 Å². The number of fused-ring (bicyclic) bond motifs is 1. The van der Waals surface area contributed by atoms with Crippen molar-refractivity contribution in [2.45, 2.75) is 6.61 Å². The maximum Gasteiger partial charge on any atom is 0.387 e. The van der Waals surface area contributed by atoms with E-state index in [1.54, 1.807) is 48.0 Å². The highest BCUT2D eigenvalue weighted by Crippen LogP contribution is 2.31. The van der Waals surface area contributed by atoms with E-state index in [9.17, 15) is 13.6 Å². The predicted octanol–water partition coefficient (Wildman–Crippen LogP) is 4.47. The number of nitrogens with zero attached hydrogens (tertiary/aromatic N) is 3. The zero-order valence-corrected chi connectivity index (χ0v) is 17.2. The van der Waals surface area contributed by atoms with Crippen molar-refractivity contribution in [2.75, 3.05) is 12.4 Å². The molecule has 0 saturated heterocycles. The number of carbonyl (C=O) groups excluding carboxylic acids is 1. The van der Waals surface area contributed by atoms with Crippen molar-refractivity contribution in [2.24, 2.45) is 7.05 Å². The number of aromatic nitrogens is 3. The van der Waals surface area contributed by atoms with Gasteiger partial charge in [0.1, 0.15) is 22.9 Å². The minimum Gasteiger partial charge on any atom is -0.457 e. The summed E-state index contributed by atoms with van der Waals surface area (Å²) in [6.07, 6.45) is 1.49. The Labute approximate surface area is 181 Å². The van der Waals surface area contributed by atoms with Gasteiger partial charge < -0.3 is 24.7 Å². The molecular weight excluding hydrogens is 420 g/mol. The van der Waals surface area contributed by atoms with Gasteiger partial charge in [0.15, 0.2) is 0 Å². The zero-order valence-electron chi connectivity index (χ0n) is 17.2. The van der Waals surface area contributed by atoms with Gasteiger partial charge >= 0.3 is 6.61 Å². The molecule has 0 aliphatic rings. The third-order valence-electron chi connectivity index (χ3n) is 4.63. The number of nitrogens with one attached hydrogen (secondary N) is 2. The van der Waals surface area contributed by atoms with Crippen molar-refractivity contribution in [1.29, 1.82) is 0 Å². The van der Waals surface area contributed by atoms with Crippen LogP contribution in [0, 0.1) is 0 Å². The molecule has 0 aliphatic carbocycles. The largest absolute Gasteiger partial charge is 0.457 e. The van der Waals surface area contributed by atoms with Crippen LogP contribution in [0.4, 0.5) is 20.4 Å². The molecule has 4 aromatic rings. The van der Waals surface area contributed by atoms with Crippen molar-refractivity contribution >= 4 is 28.6 Å². The van der Waals surface area contributed by atoms with Crippen LogP contribution < -0.4 is 20.1 Å². The number of aryl methyl sites for hydroxylation is 1. The number of imidazole rings is 1. The number of amides is 1. The number of ether oxygens (including phenoxy) is 2. The third-order valence-corrected chi connectivity index (χ3v) is 4.63. The normalized spacial score (nSPS) is 10.9. The van der Waals surface area contributed by atoms with Crippen molar-refractivity contribution in [3.05, 3.63) is 66.5 Å². The molecule has 0 aliphatic heterocycles. The summed E-state index contributed by atoms with van der Waals surface area (Å²) in [6, 6.07) is 14.9. The van der Waals surface area contributed by atoms with Gasteiger partial charge in [0.05, 0.1) is 16.7 Å². The molecule has 0 bridgehead atoms. The number of alkyl halides is 2. The van der Waals surface area contributed by atoms with Gasteiger partial charge in [0.25, 0.3) is 5.91 Å². The van der Waals surface area contributed by atoms with Crippen LogP contribution in [0.5, 0.6) is 17.2 Å². The van der Waals surface area contributed by atoms with E-state index in [0.717, 1.165) is 5.52 Å². The molecule has 0 radical (unpaired) electrons. The lowest BCUT2D eigenvalue weighted by Crippen LogP contribution is -2.18. The maximum atomic E-state index is 12.7. The fourth-order valence-corrected chi connectivity index (χ4v) is 3.11. The Hall–Kier alpha value is -4.21. The van der Waals surface area contributed by atoms with Gasteiger partial charge in [-0.25, -0.2) is 4.98 Å². The molecule has 0 fully saturated rings. The molecule has 2 N–H and O–H groups in total. The van der Waals surface area contributed by atoms with E-state index in [4.69, 9.17) is 4.74 Å². The van der Waals surface area contributed by atoms with Crippen LogP contribution in [0.25, 0.3) is 11.0 Å². The van der Waals surface area contributed by atoms with E-state index in [0.29, 0.717) is 28.7 Å². The number of hydrogen-bond donors (Lipinski definition) is 2. The van der Waals surface area contributed by atoms with Gasteiger partial charge in [-0.2, -0.15) is 8.78 Å². The summed E-state index contributed by atoms with van der Waals surface area (Å²) in [5.74, 6) is 1.10. The molecule has 0 spiro atoms. The minimum atomic E-state index is -2.93. The van der Waals surface area contributed by atoms with Crippen molar-refractivity contribution in [1.82, 2.24) is 19.9 Å². The zero-order chi connectivity index (χ0) is 22.7. The van der Waals surface area contributed by atoms with E-state index >= 15 is 0 Å². The van der Waals surface area contributed by atoms with Gasteiger partial charge in [-0.1, -0.05) is 12.1 Å². The van der Waals surface area contributed by atoms with Gasteiger partial charge in [-0.05, 0) is 30.3 Å². The number of anilines is 2. The number of carbonyl (C=O) groups is 1. The molecule has 2 aromatic carbocycles. The molecule has 0 unspecified atom stereocenters. The highest BCUT2D eigenvalue weighted by molar-refractivity contribution is 5.92. The van der Waals surface area contributed by atoms with Crippen LogP contribution in [0.3, 0.4) is 0 Å². The second-order valence-electron chi connectivity index (χ2n) is 6.70. The summed E-state index contributed by atoms with van der Waals surface area (Å²) in [5, 5.41) is 5.54. The fraction of sp³-hybridized carbons (Fsp3) is 0.136. The van der Waals surface area contributed by atoms with E-state index in [1.807, 2.05) is 6.07 Å². The van der Waals surface area contributed by atoms with E-state index in [1.165, 1.54) is 25.4 Å². The van der Waals surface area contributed by atoms with Gasteiger partial charge in [-0.3, -0.25) is 9.78 Å². The second kappa shape index (κ2) is 8.88.